The highest BCUT2D eigenvalue weighted by molar-refractivity contribution is 7.91. The van der Waals surface area contributed by atoms with Gasteiger partial charge in [0.05, 0.1) is 17.5 Å². The maximum absolute atomic E-state index is 11.7. The molecule has 0 spiro atoms. The van der Waals surface area contributed by atoms with Crippen LogP contribution in [0.15, 0.2) is 0 Å². The standard InChI is InChI=1S/C14H29NO3S/c1-14(2,3)18-10-13(15-4)11-7-6-8-12(9-11)19(5,16)17/h11-13,15H,6-10H2,1-5H3. The van der Waals surface area contributed by atoms with Crippen molar-refractivity contribution in [2.75, 3.05) is 19.9 Å². The van der Waals surface area contributed by atoms with Gasteiger partial charge in [-0.25, -0.2) is 8.42 Å². The minimum atomic E-state index is -2.91. The maximum atomic E-state index is 11.7. The number of sulfone groups is 1. The smallest absolute Gasteiger partial charge is 0.150 e. The fraction of sp³-hybridized carbons (Fsp3) is 1.00. The van der Waals surface area contributed by atoms with E-state index in [2.05, 4.69) is 5.32 Å². The first-order valence-corrected chi connectivity index (χ1v) is 9.09. The first kappa shape index (κ1) is 16.9. The van der Waals surface area contributed by atoms with E-state index in [9.17, 15) is 8.42 Å². The molecule has 0 aromatic carbocycles. The molecule has 0 aliphatic heterocycles. The molecule has 1 aliphatic carbocycles. The first-order chi connectivity index (χ1) is 8.63. The Morgan fingerprint density at radius 3 is 2.42 bits per heavy atom. The average molecular weight is 291 g/mol. The summed E-state index contributed by atoms with van der Waals surface area (Å²) in [6, 6.07) is 0.240. The molecule has 5 heteroatoms. The maximum Gasteiger partial charge on any atom is 0.150 e. The number of likely N-dealkylation sites (N-methyl/N-ethyl adjacent to an activating group) is 1. The topological polar surface area (TPSA) is 55.4 Å². The van der Waals surface area contributed by atoms with E-state index >= 15 is 0 Å². The SMILES string of the molecule is CNC(COC(C)(C)C)C1CCCC(S(C)(=O)=O)C1. The van der Waals surface area contributed by atoms with Crippen molar-refractivity contribution in [3.05, 3.63) is 0 Å². The molecule has 0 aromatic rings. The van der Waals surface area contributed by atoms with Gasteiger partial charge in [-0.15, -0.1) is 0 Å². The van der Waals surface area contributed by atoms with Crippen LogP contribution in [0.2, 0.25) is 0 Å². The number of nitrogens with one attached hydrogen (secondary N) is 1. The molecule has 4 nitrogen and oxygen atoms in total. The van der Waals surface area contributed by atoms with Gasteiger partial charge in [0.15, 0.2) is 0 Å². The second-order valence-electron chi connectivity index (χ2n) is 6.70. The van der Waals surface area contributed by atoms with Crippen LogP contribution in [0.25, 0.3) is 0 Å². The Kier molecular flexibility index (Phi) is 5.83. The summed E-state index contributed by atoms with van der Waals surface area (Å²) in [5, 5.41) is 3.13. The lowest BCUT2D eigenvalue weighted by atomic mass is 9.84. The molecule has 19 heavy (non-hydrogen) atoms. The van der Waals surface area contributed by atoms with Crippen LogP contribution >= 0.6 is 0 Å². The minimum Gasteiger partial charge on any atom is -0.374 e. The van der Waals surface area contributed by atoms with E-state index in [1.54, 1.807) is 0 Å². The van der Waals surface area contributed by atoms with Crippen molar-refractivity contribution in [1.82, 2.24) is 5.32 Å². The van der Waals surface area contributed by atoms with E-state index in [1.165, 1.54) is 6.26 Å². The molecule has 0 aromatic heterocycles. The molecule has 0 bridgehead atoms. The van der Waals surface area contributed by atoms with E-state index in [-0.39, 0.29) is 16.9 Å². The molecule has 0 saturated heterocycles. The Hall–Kier alpha value is -0.130. The zero-order chi connectivity index (χ0) is 14.7. The Labute approximate surface area is 118 Å². The van der Waals surface area contributed by atoms with Crippen molar-refractivity contribution in [3.8, 4) is 0 Å². The van der Waals surface area contributed by atoms with E-state index in [0.717, 1.165) is 25.7 Å². The predicted molar refractivity (Wildman–Crippen MR) is 79.1 cm³/mol. The molecular weight excluding hydrogens is 262 g/mol. The van der Waals surface area contributed by atoms with Gasteiger partial charge in [0.2, 0.25) is 0 Å². The van der Waals surface area contributed by atoms with Crippen molar-refractivity contribution in [1.29, 1.82) is 0 Å². The lowest BCUT2D eigenvalue weighted by molar-refractivity contribution is -0.0234. The van der Waals surface area contributed by atoms with Gasteiger partial charge < -0.3 is 10.1 Å². The van der Waals surface area contributed by atoms with E-state index < -0.39 is 9.84 Å². The number of hydrogen-bond acceptors (Lipinski definition) is 4. The molecule has 1 fully saturated rings. The third-order valence-electron chi connectivity index (χ3n) is 3.91. The molecule has 3 atom stereocenters. The largest absolute Gasteiger partial charge is 0.374 e. The van der Waals surface area contributed by atoms with Gasteiger partial charge in [0.25, 0.3) is 0 Å². The zero-order valence-electron chi connectivity index (χ0n) is 12.9. The van der Waals surface area contributed by atoms with Crippen LogP contribution < -0.4 is 5.32 Å². The summed E-state index contributed by atoms with van der Waals surface area (Å²) in [5.74, 6) is 0.390. The summed E-state index contributed by atoms with van der Waals surface area (Å²) in [7, 11) is -0.981. The van der Waals surface area contributed by atoms with Gasteiger partial charge in [-0.3, -0.25) is 0 Å². The monoisotopic (exact) mass is 291 g/mol. The van der Waals surface area contributed by atoms with Crippen molar-refractivity contribution >= 4 is 9.84 Å². The molecule has 114 valence electrons. The van der Waals surface area contributed by atoms with Crippen LogP contribution in [-0.4, -0.2) is 45.2 Å². The van der Waals surface area contributed by atoms with Crippen LogP contribution in [0, 0.1) is 5.92 Å². The lowest BCUT2D eigenvalue weighted by Gasteiger charge is -2.35. The molecule has 1 saturated carbocycles. The predicted octanol–water partition coefficient (Wildman–Crippen LogP) is 1.99. The Morgan fingerprint density at radius 2 is 1.95 bits per heavy atom. The average Bonchev–Trinajstić information content (AvgIpc) is 2.27. The first-order valence-electron chi connectivity index (χ1n) is 7.13. The molecule has 0 heterocycles. The second-order valence-corrected chi connectivity index (χ2v) is 9.02. The number of hydrogen-bond donors (Lipinski definition) is 1. The van der Waals surface area contributed by atoms with Crippen LogP contribution in [0.1, 0.15) is 46.5 Å². The number of rotatable bonds is 5. The van der Waals surface area contributed by atoms with Crippen LogP contribution in [0.5, 0.6) is 0 Å². The second kappa shape index (κ2) is 6.55. The summed E-state index contributed by atoms with van der Waals surface area (Å²) in [4.78, 5) is 0. The summed E-state index contributed by atoms with van der Waals surface area (Å²) in [5.41, 5.74) is -0.153. The van der Waals surface area contributed by atoms with Gasteiger partial charge >= 0.3 is 0 Å². The highest BCUT2D eigenvalue weighted by Crippen LogP contribution is 2.31. The number of ether oxygens (including phenoxy) is 1. The van der Waals surface area contributed by atoms with Gasteiger partial charge in [-0.2, -0.15) is 0 Å². The van der Waals surface area contributed by atoms with E-state index in [4.69, 9.17) is 4.74 Å². The van der Waals surface area contributed by atoms with Crippen molar-refractivity contribution in [2.24, 2.45) is 5.92 Å². The third-order valence-corrected chi connectivity index (χ3v) is 5.55. The molecule has 1 aliphatic rings. The van der Waals surface area contributed by atoms with E-state index in [1.807, 2.05) is 27.8 Å². The summed E-state index contributed by atoms with van der Waals surface area (Å²) in [6.45, 7) is 6.76. The fourth-order valence-electron chi connectivity index (χ4n) is 2.73. The molecular formula is C14H29NO3S. The highest BCUT2D eigenvalue weighted by Gasteiger charge is 2.33. The van der Waals surface area contributed by atoms with Gasteiger partial charge in [-0.05, 0) is 53.0 Å². The molecule has 0 radical (unpaired) electrons. The summed E-state index contributed by atoms with van der Waals surface area (Å²) < 4.78 is 29.3. The zero-order valence-corrected chi connectivity index (χ0v) is 13.7. The van der Waals surface area contributed by atoms with Crippen molar-refractivity contribution in [3.63, 3.8) is 0 Å². The quantitative estimate of drug-likeness (QED) is 0.841. The highest BCUT2D eigenvalue weighted by atomic mass is 32.2. The van der Waals surface area contributed by atoms with Gasteiger partial charge in [0.1, 0.15) is 9.84 Å². The van der Waals surface area contributed by atoms with E-state index in [0.29, 0.717) is 12.5 Å². The van der Waals surface area contributed by atoms with Gasteiger partial charge in [-0.1, -0.05) is 6.42 Å². The molecule has 0 amide bonds. The molecule has 1 N–H and O–H groups in total. The minimum absolute atomic E-state index is 0.153. The lowest BCUT2D eigenvalue weighted by Crippen LogP contribution is -2.43. The van der Waals surface area contributed by atoms with Crippen LogP contribution in [-0.2, 0) is 14.6 Å². The fourth-order valence-corrected chi connectivity index (χ4v) is 3.92. The summed E-state index contributed by atoms with van der Waals surface area (Å²) >= 11 is 0. The Bertz CT molecular complexity index is 373. The Morgan fingerprint density at radius 1 is 1.32 bits per heavy atom. The normalized spacial score (nSPS) is 27.2. The molecule has 3 unspecified atom stereocenters. The molecule has 1 rings (SSSR count). The van der Waals surface area contributed by atoms with Crippen LogP contribution in [0.3, 0.4) is 0 Å². The van der Waals surface area contributed by atoms with Crippen LogP contribution in [0.4, 0.5) is 0 Å². The van der Waals surface area contributed by atoms with Crippen molar-refractivity contribution < 1.29 is 13.2 Å². The summed E-state index contributed by atoms with van der Waals surface area (Å²) in [6.07, 6.45) is 5.02. The van der Waals surface area contributed by atoms with Crippen molar-refractivity contribution in [2.45, 2.75) is 63.3 Å². The Balaban J connectivity index is 2.61. The third kappa shape index (κ3) is 5.79. The van der Waals surface area contributed by atoms with Gasteiger partial charge in [0, 0.05) is 12.3 Å².